The van der Waals surface area contributed by atoms with Gasteiger partial charge in [0.25, 0.3) is 0 Å². The fraction of sp³-hybridized carbons (Fsp3) is 0.529. The average Bonchev–Trinajstić information content (AvgIpc) is 2.94. The third kappa shape index (κ3) is 4.03. The van der Waals surface area contributed by atoms with Crippen LogP contribution in [0.2, 0.25) is 0 Å². The van der Waals surface area contributed by atoms with E-state index in [9.17, 15) is 9.59 Å². The van der Waals surface area contributed by atoms with Crippen LogP contribution in [0.5, 0.6) is 0 Å². The average molecular weight is 338 g/mol. The van der Waals surface area contributed by atoms with Crippen LogP contribution in [0.4, 0.5) is 11.4 Å². The van der Waals surface area contributed by atoms with Gasteiger partial charge in [0.2, 0.25) is 11.8 Å². The minimum Gasteiger partial charge on any atom is -0.324 e. The molecule has 1 aromatic rings. The Bertz CT molecular complexity index is 579. The van der Waals surface area contributed by atoms with Crippen molar-refractivity contribution in [2.24, 2.45) is 5.92 Å². The van der Waals surface area contributed by atoms with Gasteiger partial charge in [0.05, 0.1) is 11.4 Å². The summed E-state index contributed by atoms with van der Waals surface area (Å²) in [7, 11) is 0. The van der Waals surface area contributed by atoms with Crippen molar-refractivity contribution < 1.29 is 9.59 Å². The van der Waals surface area contributed by atoms with Gasteiger partial charge in [-0.1, -0.05) is 12.1 Å². The van der Waals surface area contributed by atoms with E-state index in [1.54, 1.807) is 4.90 Å². The number of halogens is 1. The third-order valence-electron chi connectivity index (χ3n) is 4.52. The van der Waals surface area contributed by atoms with E-state index >= 15 is 0 Å². The second-order valence-corrected chi connectivity index (χ2v) is 6.23. The number of rotatable bonds is 3. The maximum Gasteiger partial charge on any atom is 0.227 e. The summed E-state index contributed by atoms with van der Waals surface area (Å²) in [5.41, 5.74) is 1.56. The van der Waals surface area contributed by atoms with Gasteiger partial charge in [-0.25, -0.2) is 0 Å². The van der Waals surface area contributed by atoms with Gasteiger partial charge in [-0.05, 0) is 44.9 Å². The van der Waals surface area contributed by atoms with Crippen LogP contribution < -0.4 is 15.5 Å². The number of hydrogen-bond acceptors (Lipinski definition) is 3. The molecule has 2 amide bonds. The van der Waals surface area contributed by atoms with E-state index < -0.39 is 0 Å². The highest BCUT2D eigenvalue weighted by molar-refractivity contribution is 6.02. The molecule has 0 radical (unpaired) electrons. The first-order valence-corrected chi connectivity index (χ1v) is 8.09. The number of hydrogen-bond donors (Lipinski definition) is 2. The van der Waals surface area contributed by atoms with Crippen molar-refractivity contribution in [3.8, 4) is 0 Å². The van der Waals surface area contributed by atoms with Crippen molar-refractivity contribution in [3.05, 3.63) is 24.3 Å². The number of anilines is 2. The Morgan fingerprint density at radius 1 is 1.35 bits per heavy atom. The van der Waals surface area contributed by atoms with Crippen molar-refractivity contribution in [2.75, 3.05) is 23.3 Å². The Kier molecular flexibility index (Phi) is 6.02. The van der Waals surface area contributed by atoms with E-state index in [0.29, 0.717) is 12.5 Å². The van der Waals surface area contributed by atoms with Gasteiger partial charge in [-0.2, -0.15) is 0 Å². The van der Waals surface area contributed by atoms with Crippen LogP contribution in [0, 0.1) is 5.92 Å². The van der Waals surface area contributed by atoms with E-state index in [1.807, 2.05) is 24.3 Å². The van der Waals surface area contributed by atoms with Gasteiger partial charge in [-0.3, -0.25) is 9.59 Å². The molecule has 0 unspecified atom stereocenters. The molecule has 2 aliphatic heterocycles. The van der Waals surface area contributed by atoms with E-state index in [4.69, 9.17) is 0 Å². The molecule has 2 saturated heterocycles. The standard InChI is InChI=1S/C17H23N3O2.ClH/c1-12-11-13(8-9-18-12)17(22)19-14-5-2-3-6-15(14)20-10-4-7-16(20)21;/h2-3,5-6,12-13,18H,4,7-11H2,1H3,(H,19,22);1H/t12-,13-;/m0./s1. The van der Waals surface area contributed by atoms with Crippen LogP contribution in [0.15, 0.2) is 24.3 Å². The number of piperidine rings is 1. The van der Waals surface area contributed by atoms with Crippen molar-refractivity contribution in [1.29, 1.82) is 0 Å². The summed E-state index contributed by atoms with van der Waals surface area (Å²) < 4.78 is 0. The number of carbonyl (C=O) groups is 2. The Hall–Kier alpha value is -1.59. The van der Waals surface area contributed by atoms with Gasteiger partial charge < -0.3 is 15.5 Å². The van der Waals surface area contributed by atoms with Gasteiger partial charge in [0.15, 0.2) is 0 Å². The van der Waals surface area contributed by atoms with Crippen LogP contribution >= 0.6 is 12.4 Å². The van der Waals surface area contributed by atoms with Crippen LogP contribution in [-0.4, -0.2) is 30.9 Å². The zero-order valence-electron chi connectivity index (χ0n) is 13.4. The maximum atomic E-state index is 12.5. The lowest BCUT2D eigenvalue weighted by molar-refractivity contribution is -0.121. The van der Waals surface area contributed by atoms with Crippen LogP contribution in [0.25, 0.3) is 0 Å². The maximum absolute atomic E-state index is 12.5. The first-order chi connectivity index (χ1) is 10.6. The Labute approximate surface area is 143 Å². The highest BCUT2D eigenvalue weighted by Gasteiger charge is 2.27. The minimum atomic E-state index is 0. The Balaban J connectivity index is 0.00000192. The lowest BCUT2D eigenvalue weighted by Gasteiger charge is -2.28. The minimum absolute atomic E-state index is 0. The summed E-state index contributed by atoms with van der Waals surface area (Å²) in [5, 5.41) is 6.40. The van der Waals surface area contributed by atoms with E-state index in [2.05, 4.69) is 17.6 Å². The summed E-state index contributed by atoms with van der Waals surface area (Å²) >= 11 is 0. The molecule has 2 atom stereocenters. The monoisotopic (exact) mass is 337 g/mol. The van der Waals surface area contributed by atoms with Gasteiger partial charge in [0.1, 0.15) is 0 Å². The van der Waals surface area contributed by atoms with Gasteiger partial charge >= 0.3 is 0 Å². The molecule has 2 fully saturated rings. The highest BCUT2D eigenvalue weighted by atomic mass is 35.5. The summed E-state index contributed by atoms with van der Waals surface area (Å²) in [5.74, 6) is 0.239. The van der Waals surface area contributed by atoms with Crippen LogP contribution in [-0.2, 0) is 9.59 Å². The Morgan fingerprint density at radius 3 is 2.83 bits per heavy atom. The number of amides is 2. The molecular formula is C17H24ClN3O2. The van der Waals surface area contributed by atoms with Crippen molar-refractivity contribution in [3.63, 3.8) is 0 Å². The lowest BCUT2D eigenvalue weighted by atomic mass is 9.92. The SMILES string of the molecule is C[C@H]1C[C@@H](C(=O)Nc2ccccc2N2CCCC2=O)CCN1.Cl. The summed E-state index contributed by atoms with van der Waals surface area (Å²) in [6.07, 6.45) is 3.19. The molecule has 0 bridgehead atoms. The summed E-state index contributed by atoms with van der Waals surface area (Å²) in [6, 6.07) is 7.96. The molecule has 0 saturated carbocycles. The van der Waals surface area contributed by atoms with Crippen molar-refractivity contribution in [1.82, 2.24) is 5.32 Å². The van der Waals surface area contributed by atoms with Gasteiger partial charge in [0, 0.05) is 24.9 Å². The van der Waals surface area contributed by atoms with Crippen molar-refractivity contribution in [2.45, 2.75) is 38.6 Å². The molecule has 23 heavy (non-hydrogen) atoms. The van der Waals surface area contributed by atoms with E-state index in [0.717, 1.165) is 43.7 Å². The topological polar surface area (TPSA) is 61.4 Å². The van der Waals surface area contributed by atoms with Crippen LogP contribution in [0.3, 0.4) is 0 Å². The molecule has 126 valence electrons. The molecule has 2 heterocycles. The molecule has 0 spiro atoms. The van der Waals surface area contributed by atoms with Gasteiger partial charge in [-0.15, -0.1) is 12.4 Å². The summed E-state index contributed by atoms with van der Waals surface area (Å²) in [4.78, 5) is 26.3. The molecule has 3 rings (SSSR count). The second kappa shape index (κ2) is 7.79. The largest absolute Gasteiger partial charge is 0.324 e. The zero-order valence-corrected chi connectivity index (χ0v) is 14.2. The lowest BCUT2D eigenvalue weighted by Crippen LogP contribution is -2.40. The Morgan fingerprint density at radius 2 is 2.13 bits per heavy atom. The highest BCUT2D eigenvalue weighted by Crippen LogP contribution is 2.30. The molecule has 0 aliphatic carbocycles. The zero-order chi connectivity index (χ0) is 15.5. The molecule has 6 heteroatoms. The van der Waals surface area contributed by atoms with E-state index in [1.165, 1.54) is 0 Å². The molecule has 2 aliphatic rings. The predicted molar refractivity (Wildman–Crippen MR) is 94.1 cm³/mol. The summed E-state index contributed by atoms with van der Waals surface area (Å²) in [6.45, 7) is 3.72. The molecule has 0 aromatic heterocycles. The number of benzene rings is 1. The fourth-order valence-corrected chi connectivity index (χ4v) is 3.32. The van der Waals surface area contributed by atoms with Crippen molar-refractivity contribution >= 4 is 35.6 Å². The number of nitrogens with zero attached hydrogens (tertiary/aromatic N) is 1. The molecule has 5 nitrogen and oxygen atoms in total. The molecular weight excluding hydrogens is 314 g/mol. The normalized spacial score (nSPS) is 24.2. The fourth-order valence-electron chi connectivity index (χ4n) is 3.32. The number of para-hydroxylation sites is 2. The third-order valence-corrected chi connectivity index (χ3v) is 4.52. The molecule has 2 N–H and O–H groups in total. The first kappa shape index (κ1) is 17.8. The smallest absolute Gasteiger partial charge is 0.227 e. The number of carbonyl (C=O) groups excluding carboxylic acids is 2. The second-order valence-electron chi connectivity index (χ2n) is 6.23. The van der Waals surface area contributed by atoms with Crippen LogP contribution in [0.1, 0.15) is 32.6 Å². The number of nitrogens with one attached hydrogen (secondary N) is 2. The van der Waals surface area contributed by atoms with E-state index in [-0.39, 0.29) is 30.1 Å². The first-order valence-electron chi connectivity index (χ1n) is 8.09. The predicted octanol–water partition coefficient (Wildman–Crippen LogP) is 2.56. The molecule has 1 aromatic carbocycles. The quantitative estimate of drug-likeness (QED) is 0.891.